The fourth-order valence-electron chi connectivity index (χ4n) is 2.81. The third-order valence-electron chi connectivity index (χ3n) is 4.13. The summed E-state index contributed by atoms with van der Waals surface area (Å²) < 4.78 is 5.59. The maximum atomic E-state index is 11.9. The second-order valence-electron chi connectivity index (χ2n) is 6.12. The molecule has 1 aromatic carbocycles. The number of aromatic nitrogens is 2. The van der Waals surface area contributed by atoms with Crippen molar-refractivity contribution < 1.29 is 9.21 Å². The Hall–Kier alpha value is -2.08. The van der Waals surface area contributed by atoms with Crippen molar-refractivity contribution in [2.24, 2.45) is 0 Å². The summed E-state index contributed by atoms with van der Waals surface area (Å²) in [7, 11) is 0. The Labute approximate surface area is 152 Å². The molecule has 0 spiro atoms. The minimum Gasteiger partial charge on any atom is -0.416 e. The van der Waals surface area contributed by atoms with Crippen molar-refractivity contribution in [2.45, 2.75) is 43.7 Å². The van der Waals surface area contributed by atoms with Crippen molar-refractivity contribution in [1.29, 1.82) is 0 Å². The number of allylic oxidation sites excluding steroid dienone is 1. The van der Waals surface area contributed by atoms with Gasteiger partial charge in [0.1, 0.15) is 0 Å². The first-order chi connectivity index (χ1) is 12.3. The molecule has 1 N–H and O–H groups in total. The molecule has 1 amide bonds. The molecule has 1 aliphatic carbocycles. The molecule has 0 radical (unpaired) electrons. The van der Waals surface area contributed by atoms with E-state index in [0.717, 1.165) is 12.0 Å². The standard InChI is InChI=1S/C19H23N3O2S/c23-17(20-12-11-15-7-3-1-4-8-15)14-25-19-22-21-18(24-19)13-16-9-5-2-6-10-16/h2,5-7,9-10H,1,3-4,8,11-14H2,(H,20,23). The van der Waals surface area contributed by atoms with Crippen LogP contribution in [0.4, 0.5) is 0 Å². The number of carbonyl (C=O) groups is 1. The maximum Gasteiger partial charge on any atom is 0.277 e. The number of amides is 1. The number of hydrogen-bond donors (Lipinski definition) is 1. The van der Waals surface area contributed by atoms with Crippen LogP contribution >= 0.6 is 11.8 Å². The zero-order chi connectivity index (χ0) is 17.3. The van der Waals surface area contributed by atoms with E-state index in [1.807, 2.05) is 30.3 Å². The van der Waals surface area contributed by atoms with E-state index >= 15 is 0 Å². The van der Waals surface area contributed by atoms with Gasteiger partial charge in [-0.15, -0.1) is 10.2 Å². The maximum absolute atomic E-state index is 11.9. The summed E-state index contributed by atoms with van der Waals surface area (Å²) in [5.41, 5.74) is 2.60. The number of nitrogens with one attached hydrogen (secondary N) is 1. The number of rotatable bonds is 8. The molecular formula is C19H23N3O2S. The van der Waals surface area contributed by atoms with E-state index in [0.29, 0.717) is 29.8 Å². The molecular weight excluding hydrogens is 334 g/mol. The Kier molecular flexibility index (Phi) is 6.68. The molecule has 132 valence electrons. The highest BCUT2D eigenvalue weighted by atomic mass is 32.2. The van der Waals surface area contributed by atoms with Crippen LogP contribution < -0.4 is 5.32 Å². The Bertz CT molecular complexity index is 712. The second kappa shape index (κ2) is 9.42. The summed E-state index contributed by atoms with van der Waals surface area (Å²) in [6.45, 7) is 0.703. The average Bonchev–Trinajstić information content (AvgIpc) is 3.09. The predicted molar refractivity (Wildman–Crippen MR) is 98.4 cm³/mol. The summed E-state index contributed by atoms with van der Waals surface area (Å²) >= 11 is 1.28. The molecule has 0 saturated heterocycles. The van der Waals surface area contributed by atoms with Crippen LogP contribution in [0.15, 0.2) is 51.6 Å². The monoisotopic (exact) mass is 357 g/mol. The van der Waals surface area contributed by atoms with E-state index in [2.05, 4.69) is 21.6 Å². The van der Waals surface area contributed by atoms with E-state index in [1.165, 1.54) is 43.0 Å². The van der Waals surface area contributed by atoms with E-state index < -0.39 is 0 Å². The molecule has 0 fully saturated rings. The molecule has 0 saturated carbocycles. The van der Waals surface area contributed by atoms with Crippen LogP contribution in [0.5, 0.6) is 0 Å². The van der Waals surface area contributed by atoms with Crippen molar-refractivity contribution in [1.82, 2.24) is 15.5 Å². The van der Waals surface area contributed by atoms with Crippen LogP contribution in [0, 0.1) is 0 Å². The summed E-state index contributed by atoms with van der Waals surface area (Å²) in [6.07, 6.45) is 8.81. The molecule has 6 heteroatoms. The van der Waals surface area contributed by atoms with Crippen LogP contribution in [0.1, 0.15) is 43.6 Å². The van der Waals surface area contributed by atoms with E-state index in [9.17, 15) is 4.79 Å². The van der Waals surface area contributed by atoms with Crippen LogP contribution in [0.3, 0.4) is 0 Å². The largest absolute Gasteiger partial charge is 0.416 e. The lowest BCUT2D eigenvalue weighted by atomic mass is 9.97. The van der Waals surface area contributed by atoms with E-state index in [1.54, 1.807) is 0 Å². The van der Waals surface area contributed by atoms with Gasteiger partial charge in [-0.2, -0.15) is 0 Å². The van der Waals surface area contributed by atoms with Gasteiger partial charge in [0.25, 0.3) is 5.22 Å². The highest BCUT2D eigenvalue weighted by Crippen LogP contribution is 2.20. The predicted octanol–water partition coefficient (Wildman–Crippen LogP) is 3.76. The van der Waals surface area contributed by atoms with Gasteiger partial charge in [0.2, 0.25) is 11.8 Å². The SMILES string of the molecule is O=C(CSc1nnc(Cc2ccccc2)o1)NCCC1=CCCCC1. The van der Waals surface area contributed by atoms with Gasteiger partial charge in [0.15, 0.2) is 0 Å². The molecule has 0 bridgehead atoms. The Morgan fingerprint density at radius 2 is 2.08 bits per heavy atom. The van der Waals surface area contributed by atoms with Crippen LogP contribution in [0.25, 0.3) is 0 Å². The van der Waals surface area contributed by atoms with E-state index in [-0.39, 0.29) is 5.91 Å². The van der Waals surface area contributed by atoms with Crippen molar-refractivity contribution in [2.75, 3.05) is 12.3 Å². The molecule has 1 heterocycles. The molecule has 25 heavy (non-hydrogen) atoms. The molecule has 3 rings (SSSR count). The average molecular weight is 357 g/mol. The van der Waals surface area contributed by atoms with Gasteiger partial charge in [-0.1, -0.05) is 53.7 Å². The van der Waals surface area contributed by atoms with Crippen LogP contribution in [-0.2, 0) is 11.2 Å². The first kappa shape index (κ1) is 17.7. The molecule has 0 unspecified atom stereocenters. The molecule has 0 atom stereocenters. The molecule has 2 aromatic rings. The lowest BCUT2D eigenvalue weighted by molar-refractivity contribution is -0.118. The number of benzene rings is 1. The summed E-state index contributed by atoms with van der Waals surface area (Å²) in [6, 6.07) is 9.98. The zero-order valence-corrected chi connectivity index (χ0v) is 15.1. The van der Waals surface area contributed by atoms with Gasteiger partial charge < -0.3 is 9.73 Å². The van der Waals surface area contributed by atoms with Gasteiger partial charge >= 0.3 is 0 Å². The number of thioether (sulfide) groups is 1. The Balaban J connectivity index is 1.36. The van der Waals surface area contributed by atoms with Crippen molar-refractivity contribution in [3.05, 3.63) is 53.4 Å². The topological polar surface area (TPSA) is 68.0 Å². The Morgan fingerprint density at radius 3 is 2.88 bits per heavy atom. The summed E-state index contributed by atoms with van der Waals surface area (Å²) in [5.74, 6) is 0.869. The van der Waals surface area contributed by atoms with Crippen molar-refractivity contribution in [3.63, 3.8) is 0 Å². The fraction of sp³-hybridized carbons (Fsp3) is 0.421. The first-order valence-electron chi connectivity index (χ1n) is 8.73. The van der Waals surface area contributed by atoms with Gasteiger partial charge in [-0.25, -0.2) is 0 Å². The van der Waals surface area contributed by atoms with Gasteiger partial charge in [0, 0.05) is 6.54 Å². The minimum absolute atomic E-state index is 0.00391. The minimum atomic E-state index is 0.00391. The van der Waals surface area contributed by atoms with Crippen molar-refractivity contribution in [3.8, 4) is 0 Å². The number of hydrogen-bond acceptors (Lipinski definition) is 5. The van der Waals surface area contributed by atoms with Crippen molar-refractivity contribution >= 4 is 17.7 Å². The van der Waals surface area contributed by atoms with Gasteiger partial charge in [0.05, 0.1) is 12.2 Å². The lowest BCUT2D eigenvalue weighted by Crippen LogP contribution is -2.26. The normalized spacial score (nSPS) is 14.2. The van der Waals surface area contributed by atoms with E-state index in [4.69, 9.17) is 4.42 Å². The lowest BCUT2D eigenvalue weighted by Gasteiger charge is -2.12. The third-order valence-corrected chi connectivity index (χ3v) is 4.94. The molecule has 1 aliphatic rings. The van der Waals surface area contributed by atoms with Crippen LogP contribution in [0.2, 0.25) is 0 Å². The van der Waals surface area contributed by atoms with Crippen LogP contribution in [-0.4, -0.2) is 28.4 Å². The quantitative estimate of drug-likeness (QED) is 0.575. The summed E-state index contributed by atoms with van der Waals surface area (Å²) in [5, 5.41) is 11.4. The molecule has 5 nitrogen and oxygen atoms in total. The fourth-order valence-corrected chi connectivity index (χ4v) is 3.42. The second-order valence-corrected chi connectivity index (χ2v) is 7.05. The zero-order valence-electron chi connectivity index (χ0n) is 14.2. The highest BCUT2D eigenvalue weighted by Gasteiger charge is 2.10. The van der Waals surface area contributed by atoms with Gasteiger partial charge in [-0.05, 0) is 37.7 Å². The summed E-state index contributed by atoms with van der Waals surface area (Å²) in [4.78, 5) is 11.9. The number of carbonyl (C=O) groups excluding carboxylic acids is 1. The highest BCUT2D eigenvalue weighted by molar-refractivity contribution is 7.99. The molecule has 0 aliphatic heterocycles. The Morgan fingerprint density at radius 1 is 1.20 bits per heavy atom. The first-order valence-corrected chi connectivity index (χ1v) is 9.72. The van der Waals surface area contributed by atoms with Gasteiger partial charge in [-0.3, -0.25) is 4.79 Å². The molecule has 1 aromatic heterocycles. The number of nitrogens with zero attached hydrogens (tertiary/aromatic N) is 2. The smallest absolute Gasteiger partial charge is 0.277 e. The third kappa shape index (κ3) is 6.05.